The number of nitrogens with zero attached hydrogens (tertiary/aromatic N) is 7. The van der Waals surface area contributed by atoms with Gasteiger partial charge in [-0.1, -0.05) is 6.07 Å². The summed E-state index contributed by atoms with van der Waals surface area (Å²) in [4.78, 5) is 15.8. The summed E-state index contributed by atoms with van der Waals surface area (Å²) < 4.78 is 7.93. The summed E-state index contributed by atoms with van der Waals surface area (Å²) in [7, 11) is 0. The van der Waals surface area contributed by atoms with Crippen LogP contribution in [0.2, 0.25) is 0 Å². The van der Waals surface area contributed by atoms with Crippen LogP contribution < -0.4 is 21.0 Å². The lowest BCUT2D eigenvalue weighted by atomic mass is 10.3. The van der Waals surface area contributed by atoms with Crippen LogP contribution in [0.3, 0.4) is 0 Å². The van der Waals surface area contributed by atoms with Crippen molar-refractivity contribution in [2.45, 2.75) is 6.17 Å². The third kappa shape index (κ3) is 3.68. The number of nitrogens with one attached hydrogen (secondary N) is 3. The topological polar surface area (TPSA) is 117 Å². The maximum Gasteiger partial charge on any atom is 0.230 e. The molecule has 0 saturated carbocycles. The molecule has 0 radical (unpaired) electrons. The fourth-order valence-electron chi connectivity index (χ4n) is 3.15. The van der Waals surface area contributed by atoms with Crippen LogP contribution in [0.5, 0.6) is 0 Å². The molecule has 1 unspecified atom stereocenters. The van der Waals surface area contributed by atoms with E-state index in [0.29, 0.717) is 43.1 Å². The van der Waals surface area contributed by atoms with Crippen LogP contribution in [0.15, 0.2) is 40.2 Å². The van der Waals surface area contributed by atoms with Crippen molar-refractivity contribution in [2.24, 2.45) is 5.10 Å². The van der Waals surface area contributed by atoms with Gasteiger partial charge in [-0.05, 0) is 28.1 Å². The minimum atomic E-state index is -0.108. The second kappa shape index (κ2) is 7.79. The number of ether oxygens (including phenoxy) is 1. The number of hydrogen-bond acceptors (Lipinski definition) is 10. The van der Waals surface area contributed by atoms with Gasteiger partial charge in [-0.15, -0.1) is 0 Å². The number of pyridine rings is 1. The number of halogens is 1. The summed E-state index contributed by atoms with van der Waals surface area (Å²) in [6.07, 6.45) is 3.35. The minimum absolute atomic E-state index is 0.108. The zero-order valence-electron chi connectivity index (χ0n) is 15.4. The van der Waals surface area contributed by atoms with Gasteiger partial charge < -0.3 is 20.3 Å². The highest BCUT2D eigenvalue weighted by atomic mass is 79.9. The molecule has 3 aromatic rings. The normalized spacial score (nSPS) is 19.0. The molecule has 0 amide bonds. The van der Waals surface area contributed by atoms with Crippen molar-refractivity contribution in [3.05, 3.63) is 40.8 Å². The van der Waals surface area contributed by atoms with Crippen molar-refractivity contribution in [3.8, 4) is 0 Å². The molecule has 0 spiro atoms. The number of rotatable bonds is 5. The second-order valence-electron chi connectivity index (χ2n) is 6.56. The lowest BCUT2D eigenvalue weighted by Crippen LogP contribution is -2.41. The summed E-state index contributed by atoms with van der Waals surface area (Å²) in [5, 5.41) is 15.4. The van der Waals surface area contributed by atoms with Gasteiger partial charge >= 0.3 is 0 Å². The van der Waals surface area contributed by atoms with Crippen molar-refractivity contribution in [3.63, 3.8) is 0 Å². The predicted octanol–water partition coefficient (Wildman–Crippen LogP) is 0.411. The summed E-state index contributed by atoms with van der Waals surface area (Å²) in [5.41, 5.74) is 4.57. The Labute approximate surface area is 174 Å². The molecule has 0 aromatic carbocycles. The highest BCUT2D eigenvalue weighted by Gasteiger charge is 2.21. The smallest absolute Gasteiger partial charge is 0.230 e. The van der Waals surface area contributed by atoms with E-state index >= 15 is 0 Å². The van der Waals surface area contributed by atoms with Gasteiger partial charge in [-0.2, -0.15) is 24.7 Å². The van der Waals surface area contributed by atoms with Gasteiger partial charge in [0.1, 0.15) is 11.9 Å². The molecule has 11 nitrogen and oxygen atoms in total. The van der Waals surface area contributed by atoms with Crippen LogP contribution in [0, 0.1) is 0 Å². The van der Waals surface area contributed by atoms with Crippen molar-refractivity contribution in [1.82, 2.24) is 35.3 Å². The summed E-state index contributed by atoms with van der Waals surface area (Å²) in [6, 6.07) is 5.71. The molecule has 0 aliphatic carbocycles. The summed E-state index contributed by atoms with van der Waals surface area (Å²) in [5.74, 6) is 1.97. The lowest BCUT2D eigenvalue weighted by molar-refractivity contribution is 0.122. The SMILES string of the molecule is Brc1cnn2c(NCC3NN=C(c4ccccn4)N3)nc(N3CCOCC3)nc12. The minimum Gasteiger partial charge on any atom is -0.378 e. The molecule has 0 bridgehead atoms. The fraction of sp³-hybridized carbons (Fsp3) is 0.353. The Morgan fingerprint density at radius 2 is 2.14 bits per heavy atom. The first-order valence-electron chi connectivity index (χ1n) is 9.27. The molecule has 12 heteroatoms. The van der Waals surface area contributed by atoms with Crippen LogP contribution in [-0.2, 0) is 4.74 Å². The summed E-state index contributed by atoms with van der Waals surface area (Å²) in [6.45, 7) is 3.39. The zero-order chi connectivity index (χ0) is 19.6. The molecule has 1 saturated heterocycles. The van der Waals surface area contributed by atoms with E-state index in [1.54, 1.807) is 16.9 Å². The molecule has 1 fully saturated rings. The number of anilines is 2. The van der Waals surface area contributed by atoms with E-state index in [-0.39, 0.29) is 6.17 Å². The van der Waals surface area contributed by atoms with E-state index in [2.05, 4.69) is 57.1 Å². The van der Waals surface area contributed by atoms with Gasteiger partial charge in [0, 0.05) is 19.3 Å². The van der Waals surface area contributed by atoms with Crippen molar-refractivity contribution in [1.29, 1.82) is 0 Å². The number of fused-ring (bicyclic) bond motifs is 1. The van der Waals surface area contributed by atoms with Gasteiger partial charge in [-0.3, -0.25) is 10.4 Å². The first-order valence-corrected chi connectivity index (χ1v) is 10.1. The standard InChI is InChI=1S/C17H19BrN10O/c18-11-9-21-28-15(11)23-17(27-5-7-29-8-6-27)24-16(28)20-10-13-22-14(26-25-13)12-3-1-2-4-19-12/h1-4,9,13,25H,5-8,10H2,(H,22,26)(H,20,23,24). The van der Waals surface area contributed by atoms with Crippen LogP contribution >= 0.6 is 15.9 Å². The average molecular weight is 459 g/mol. The maximum absolute atomic E-state index is 5.44. The van der Waals surface area contributed by atoms with Gasteiger partial charge in [0.25, 0.3) is 0 Å². The fourth-order valence-corrected chi connectivity index (χ4v) is 3.50. The molecule has 2 aliphatic rings. The molecule has 29 heavy (non-hydrogen) atoms. The molecule has 5 rings (SSSR count). The highest BCUT2D eigenvalue weighted by Crippen LogP contribution is 2.22. The van der Waals surface area contributed by atoms with Crippen LogP contribution in [-0.4, -0.2) is 69.4 Å². The molecular weight excluding hydrogens is 440 g/mol. The Balaban J connectivity index is 1.32. The third-order valence-corrected chi connectivity index (χ3v) is 5.18. The first-order chi connectivity index (χ1) is 14.3. The van der Waals surface area contributed by atoms with Gasteiger partial charge in [-0.25, -0.2) is 0 Å². The Kier molecular flexibility index (Phi) is 4.86. The van der Waals surface area contributed by atoms with E-state index in [4.69, 9.17) is 9.72 Å². The molecule has 150 valence electrons. The highest BCUT2D eigenvalue weighted by molar-refractivity contribution is 9.10. The maximum atomic E-state index is 5.44. The average Bonchev–Trinajstić information content (AvgIpc) is 3.40. The van der Waals surface area contributed by atoms with Crippen molar-refractivity contribution >= 4 is 39.3 Å². The van der Waals surface area contributed by atoms with Gasteiger partial charge in [0.05, 0.1) is 30.4 Å². The largest absolute Gasteiger partial charge is 0.378 e. The van der Waals surface area contributed by atoms with Crippen LogP contribution in [0.4, 0.5) is 11.9 Å². The molecular formula is C17H19BrN10O. The Bertz CT molecular complexity index is 1030. The third-order valence-electron chi connectivity index (χ3n) is 4.62. The number of hydrazone groups is 1. The molecule has 3 aromatic heterocycles. The van der Waals surface area contributed by atoms with E-state index in [9.17, 15) is 0 Å². The number of aromatic nitrogens is 5. The quantitative estimate of drug-likeness (QED) is 0.499. The van der Waals surface area contributed by atoms with E-state index in [1.807, 2.05) is 18.2 Å². The van der Waals surface area contributed by atoms with E-state index in [1.165, 1.54) is 0 Å². The lowest BCUT2D eigenvalue weighted by Gasteiger charge is -2.27. The molecule has 3 N–H and O–H groups in total. The Morgan fingerprint density at radius 1 is 1.24 bits per heavy atom. The Morgan fingerprint density at radius 3 is 2.97 bits per heavy atom. The number of morpholine rings is 1. The first kappa shape index (κ1) is 18.1. The van der Waals surface area contributed by atoms with E-state index in [0.717, 1.165) is 23.3 Å². The van der Waals surface area contributed by atoms with E-state index < -0.39 is 0 Å². The predicted molar refractivity (Wildman–Crippen MR) is 111 cm³/mol. The van der Waals surface area contributed by atoms with Crippen molar-refractivity contribution < 1.29 is 4.74 Å². The zero-order valence-corrected chi connectivity index (χ0v) is 17.0. The molecule has 1 atom stereocenters. The Hall–Kier alpha value is -2.99. The van der Waals surface area contributed by atoms with Crippen LogP contribution in [0.25, 0.3) is 5.65 Å². The molecule has 5 heterocycles. The second-order valence-corrected chi connectivity index (χ2v) is 7.41. The number of amidine groups is 1. The summed E-state index contributed by atoms with van der Waals surface area (Å²) >= 11 is 3.52. The monoisotopic (exact) mass is 458 g/mol. The van der Waals surface area contributed by atoms with Crippen LogP contribution in [0.1, 0.15) is 5.69 Å². The molecule has 2 aliphatic heterocycles. The number of hydrogen-bond donors (Lipinski definition) is 3. The van der Waals surface area contributed by atoms with Gasteiger partial charge in [0.15, 0.2) is 11.5 Å². The van der Waals surface area contributed by atoms with Gasteiger partial charge in [0.2, 0.25) is 11.9 Å². The van der Waals surface area contributed by atoms with Crippen molar-refractivity contribution in [2.75, 3.05) is 43.1 Å².